The zero-order valence-electron chi connectivity index (χ0n) is 12.3. The monoisotopic (exact) mass is 318 g/mol. The van der Waals surface area contributed by atoms with Crippen molar-refractivity contribution in [2.75, 3.05) is 6.54 Å². The van der Waals surface area contributed by atoms with Crippen molar-refractivity contribution in [2.45, 2.75) is 24.6 Å². The second kappa shape index (κ2) is 5.37. The van der Waals surface area contributed by atoms with Crippen molar-refractivity contribution in [1.29, 1.82) is 0 Å². The van der Waals surface area contributed by atoms with E-state index in [2.05, 4.69) is 0 Å². The third kappa shape index (κ3) is 2.60. The molecule has 1 amide bonds. The lowest BCUT2D eigenvalue weighted by molar-refractivity contribution is -0.129. The molecule has 0 aromatic heterocycles. The van der Waals surface area contributed by atoms with Crippen LogP contribution in [-0.4, -0.2) is 31.0 Å². The van der Waals surface area contributed by atoms with Crippen molar-refractivity contribution in [3.8, 4) is 0 Å². The first-order valence-corrected chi connectivity index (χ1v) is 8.77. The third-order valence-corrected chi connectivity index (χ3v) is 5.57. The number of amides is 1. The van der Waals surface area contributed by atoms with Gasteiger partial charge in [-0.1, -0.05) is 42.5 Å². The first-order valence-electron chi connectivity index (χ1n) is 7.16. The van der Waals surface area contributed by atoms with Crippen molar-refractivity contribution >= 4 is 26.7 Å². The van der Waals surface area contributed by atoms with Crippen LogP contribution in [0.3, 0.4) is 0 Å². The number of carbonyl (C=O) groups excluding carboxylic acids is 1. The summed E-state index contributed by atoms with van der Waals surface area (Å²) in [5.74, 6) is -0.167. The van der Waals surface area contributed by atoms with Gasteiger partial charge in [-0.2, -0.15) is 0 Å². The fourth-order valence-electron chi connectivity index (χ4n) is 3.07. The largest absolute Gasteiger partial charge is 0.335 e. The summed E-state index contributed by atoms with van der Waals surface area (Å²) in [5.41, 5.74) is 1.02. The van der Waals surface area contributed by atoms with E-state index in [4.69, 9.17) is 5.14 Å². The number of rotatable bonds is 3. The molecule has 1 unspecified atom stereocenters. The Labute approximate surface area is 129 Å². The first-order chi connectivity index (χ1) is 10.4. The normalized spacial score (nSPS) is 20.5. The van der Waals surface area contributed by atoms with Gasteiger partial charge < -0.3 is 4.90 Å². The highest BCUT2D eigenvalue weighted by molar-refractivity contribution is 7.89. The Hall–Kier alpha value is -1.92. The second-order valence-corrected chi connectivity index (χ2v) is 7.55. The molecule has 22 heavy (non-hydrogen) atoms. The van der Waals surface area contributed by atoms with E-state index < -0.39 is 15.3 Å². The minimum absolute atomic E-state index is 0.0338. The van der Waals surface area contributed by atoms with Crippen molar-refractivity contribution < 1.29 is 13.2 Å². The van der Waals surface area contributed by atoms with E-state index in [1.54, 1.807) is 4.90 Å². The van der Waals surface area contributed by atoms with E-state index in [-0.39, 0.29) is 24.9 Å². The van der Waals surface area contributed by atoms with Crippen LogP contribution in [0.2, 0.25) is 0 Å². The summed E-state index contributed by atoms with van der Waals surface area (Å²) in [6.45, 7) is 2.08. The molecule has 0 aliphatic carbocycles. The first kappa shape index (κ1) is 15.0. The third-order valence-electron chi connectivity index (χ3n) is 4.33. The Bertz CT molecular complexity index is 827. The molecule has 116 valence electrons. The van der Waals surface area contributed by atoms with Gasteiger partial charge in [-0.15, -0.1) is 0 Å². The fraction of sp³-hybridized carbons (Fsp3) is 0.312. The van der Waals surface area contributed by atoms with Crippen LogP contribution in [-0.2, 0) is 14.8 Å². The van der Waals surface area contributed by atoms with E-state index >= 15 is 0 Å². The lowest BCUT2D eigenvalue weighted by Crippen LogP contribution is -2.33. The minimum Gasteiger partial charge on any atom is -0.335 e. The Morgan fingerprint density at radius 1 is 1.18 bits per heavy atom. The van der Waals surface area contributed by atoms with E-state index in [1.165, 1.54) is 0 Å². The highest BCUT2D eigenvalue weighted by Gasteiger charge is 2.39. The molecule has 0 saturated carbocycles. The summed E-state index contributed by atoms with van der Waals surface area (Å²) >= 11 is 0. The number of hydrogen-bond acceptors (Lipinski definition) is 3. The molecule has 2 atom stereocenters. The number of fused-ring (bicyclic) bond motifs is 1. The summed E-state index contributed by atoms with van der Waals surface area (Å²) in [6.07, 6.45) is -0.0338. The van der Waals surface area contributed by atoms with Crippen LogP contribution in [0.5, 0.6) is 0 Å². The average Bonchev–Trinajstić information content (AvgIpc) is 2.88. The van der Waals surface area contributed by atoms with Gasteiger partial charge in [0.25, 0.3) is 0 Å². The molecule has 3 rings (SSSR count). The number of sulfonamides is 1. The molecule has 0 radical (unpaired) electrons. The highest BCUT2D eigenvalue weighted by Crippen LogP contribution is 2.31. The van der Waals surface area contributed by atoms with E-state index in [1.807, 2.05) is 49.4 Å². The number of hydrogen-bond donors (Lipinski definition) is 1. The Morgan fingerprint density at radius 2 is 1.86 bits per heavy atom. The number of likely N-dealkylation sites (tertiary alicyclic amines) is 1. The molecular formula is C16H18N2O3S. The second-order valence-electron chi connectivity index (χ2n) is 5.71. The van der Waals surface area contributed by atoms with Gasteiger partial charge >= 0.3 is 0 Å². The molecule has 2 aromatic rings. The zero-order valence-corrected chi connectivity index (χ0v) is 13.1. The number of nitrogens with zero attached hydrogens (tertiary/aromatic N) is 1. The number of benzene rings is 2. The molecule has 1 saturated heterocycles. The quantitative estimate of drug-likeness (QED) is 0.937. The van der Waals surface area contributed by atoms with E-state index in [9.17, 15) is 13.2 Å². The van der Waals surface area contributed by atoms with Gasteiger partial charge in [-0.3, -0.25) is 4.79 Å². The molecule has 1 heterocycles. The van der Waals surface area contributed by atoms with Crippen LogP contribution >= 0.6 is 0 Å². The summed E-state index contributed by atoms with van der Waals surface area (Å²) in [4.78, 5) is 13.8. The Morgan fingerprint density at radius 3 is 2.55 bits per heavy atom. The molecular weight excluding hydrogens is 300 g/mol. The van der Waals surface area contributed by atoms with Crippen LogP contribution in [0.25, 0.3) is 10.8 Å². The maximum atomic E-state index is 12.2. The average molecular weight is 318 g/mol. The maximum Gasteiger partial charge on any atom is 0.224 e. The zero-order chi connectivity index (χ0) is 15.9. The van der Waals surface area contributed by atoms with E-state index in [0.717, 1.165) is 16.3 Å². The molecule has 1 fully saturated rings. The van der Waals surface area contributed by atoms with Crippen LogP contribution in [0, 0.1) is 0 Å². The number of carbonyl (C=O) groups is 1. The predicted molar refractivity (Wildman–Crippen MR) is 85.6 cm³/mol. The van der Waals surface area contributed by atoms with Crippen LogP contribution in [0.1, 0.15) is 24.9 Å². The van der Waals surface area contributed by atoms with Crippen molar-refractivity contribution in [3.63, 3.8) is 0 Å². The molecule has 5 nitrogen and oxygen atoms in total. The molecule has 2 aromatic carbocycles. The van der Waals surface area contributed by atoms with Crippen LogP contribution in [0.15, 0.2) is 42.5 Å². The smallest absolute Gasteiger partial charge is 0.224 e. The number of primary sulfonamides is 1. The van der Waals surface area contributed by atoms with Crippen LogP contribution < -0.4 is 5.14 Å². The van der Waals surface area contributed by atoms with Gasteiger partial charge in [-0.05, 0) is 23.3 Å². The van der Waals surface area contributed by atoms with E-state index in [0.29, 0.717) is 0 Å². The van der Waals surface area contributed by atoms with Crippen molar-refractivity contribution in [3.05, 3.63) is 48.0 Å². The molecule has 0 spiro atoms. The summed E-state index contributed by atoms with van der Waals surface area (Å²) in [6, 6.07) is 13.7. The topological polar surface area (TPSA) is 80.5 Å². The Kier molecular flexibility index (Phi) is 3.66. The van der Waals surface area contributed by atoms with Crippen LogP contribution in [0.4, 0.5) is 0 Å². The maximum absolute atomic E-state index is 12.2. The lowest BCUT2D eigenvalue weighted by Gasteiger charge is -2.26. The standard InChI is InChI=1S/C16H18N2O3S/c1-11(18-10-13(9-16(18)19)22(17,20)21)14-8-4-6-12-5-2-3-7-15(12)14/h2-8,11,13H,9-10H2,1H3,(H2,17,20,21)/t11-,13?/m0/s1. The van der Waals surface area contributed by atoms with Gasteiger partial charge in [-0.25, -0.2) is 13.6 Å². The summed E-state index contributed by atoms with van der Waals surface area (Å²) < 4.78 is 23.0. The predicted octanol–water partition coefficient (Wildman–Crippen LogP) is 1.79. The SMILES string of the molecule is C[C@@H](c1cccc2ccccc12)N1CC(S(N)(=O)=O)CC1=O. The fourth-order valence-corrected chi connectivity index (χ4v) is 3.82. The molecule has 0 bridgehead atoms. The lowest BCUT2D eigenvalue weighted by atomic mass is 9.99. The summed E-state index contributed by atoms with van der Waals surface area (Å²) in [5, 5.41) is 6.55. The highest BCUT2D eigenvalue weighted by atomic mass is 32.2. The number of nitrogens with two attached hydrogens (primary N) is 1. The van der Waals surface area contributed by atoms with Crippen molar-refractivity contribution in [2.24, 2.45) is 5.14 Å². The van der Waals surface area contributed by atoms with Gasteiger partial charge in [0.15, 0.2) is 0 Å². The van der Waals surface area contributed by atoms with Gasteiger partial charge in [0.1, 0.15) is 5.25 Å². The molecule has 6 heteroatoms. The van der Waals surface area contributed by atoms with Gasteiger partial charge in [0, 0.05) is 13.0 Å². The Balaban J connectivity index is 1.97. The summed E-state index contributed by atoms with van der Waals surface area (Å²) in [7, 11) is -3.69. The van der Waals surface area contributed by atoms with Crippen molar-refractivity contribution in [1.82, 2.24) is 4.90 Å². The van der Waals surface area contributed by atoms with Gasteiger partial charge in [0.05, 0.1) is 6.04 Å². The molecule has 1 aliphatic heterocycles. The molecule has 2 N–H and O–H groups in total. The molecule has 1 aliphatic rings. The minimum atomic E-state index is -3.69. The van der Waals surface area contributed by atoms with Gasteiger partial charge in [0.2, 0.25) is 15.9 Å².